The van der Waals surface area contributed by atoms with E-state index in [2.05, 4.69) is 10.6 Å². The van der Waals surface area contributed by atoms with Crippen molar-refractivity contribution in [3.05, 3.63) is 0 Å². The zero-order valence-corrected chi connectivity index (χ0v) is 9.04. The first-order chi connectivity index (χ1) is 7.31. The first-order valence-electron chi connectivity index (χ1n) is 5.96. The topological polar surface area (TPSA) is 61.4 Å². The lowest BCUT2D eigenvalue weighted by molar-refractivity contribution is -0.123. The normalized spacial score (nSPS) is 34.9. The maximum Gasteiger partial charge on any atom is 0.237 e. The molecule has 86 valence electrons. The van der Waals surface area contributed by atoms with Gasteiger partial charge in [-0.05, 0) is 25.2 Å². The molecule has 0 radical (unpaired) electrons. The van der Waals surface area contributed by atoms with Gasteiger partial charge in [0.05, 0.1) is 12.6 Å². The molecule has 1 saturated heterocycles. The molecular formula is C11H20N2O2. The number of nitrogens with one attached hydrogen (secondary N) is 2. The van der Waals surface area contributed by atoms with Gasteiger partial charge in [0.15, 0.2) is 0 Å². The molecule has 3 N–H and O–H groups in total. The van der Waals surface area contributed by atoms with E-state index in [9.17, 15) is 4.79 Å². The summed E-state index contributed by atoms with van der Waals surface area (Å²) in [5, 5.41) is 14.8. The average Bonchev–Trinajstić information content (AvgIpc) is 2.69. The molecule has 1 saturated carbocycles. The summed E-state index contributed by atoms with van der Waals surface area (Å²) in [5.41, 5.74) is 0. The van der Waals surface area contributed by atoms with Crippen molar-refractivity contribution in [1.82, 2.24) is 10.6 Å². The van der Waals surface area contributed by atoms with Crippen molar-refractivity contribution in [3.8, 4) is 0 Å². The molecule has 1 aliphatic heterocycles. The summed E-state index contributed by atoms with van der Waals surface area (Å²) in [6.45, 7) is 0.387. The van der Waals surface area contributed by atoms with Crippen LogP contribution in [0.3, 0.4) is 0 Å². The monoisotopic (exact) mass is 212 g/mol. The van der Waals surface area contributed by atoms with Gasteiger partial charge in [0.2, 0.25) is 5.91 Å². The molecule has 3 atom stereocenters. The smallest absolute Gasteiger partial charge is 0.237 e. The molecule has 15 heavy (non-hydrogen) atoms. The van der Waals surface area contributed by atoms with Gasteiger partial charge in [-0.15, -0.1) is 0 Å². The number of amides is 1. The van der Waals surface area contributed by atoms with Gasteiger partial charge in [0.25, 0.3) is 0 Å². The highest BCUT2D eigenvalue weighted by molar-refractivity contribution is 5.82. The molecule has 2 rings (SSSR count). The minimum absolute atomic E-state index is 0.0192. The maximum absolute atomic E-state index is 11.7. The predicted octanol–water partition coefficient (Wildman–Crippen LogP) is 0.0156. The van der Waals surface area contributed by atoms with Crippen molar-refractivity contribution in [2.24, 2.45) is 5.92 Å². The first kappa shape index (κ1) is 10.9. The molecule has 2 aliphatic rings. The van der Waals surface area contributed by atoms with Crippen molar-refractivity contribution < 1.29 is 9.90 Å². The van der Waals surface area contributed by atoms with Crippen LogP contribution in [0.4, 0.5) is 0 Å². The summed E-state index contributed by atoms with van der Waals surface area (Å²) in [6.07, 6.45) is 6.06. The van der Waals surface area contributed by atoms with Gasteiger partial charge in [-0.3, -0.25) is 4.79 Å². The Hall–Kier alpha value is -0.610. The first-order valence-corrected chi connectivity index (χ1v) is 5.96. The Morgan fingerprint density at radius 3 is 2.93 bits per heavy atom. The molecule has 0 aromatic carbocycles. The zero-order chi connectivity index (χ0) is 10.7. The van der Waals surface area contributed by atoms with Crippen molar-refractivity contribution in [3.63, 3.8) is 0 Å². The number of hydrogen-bond donors (Lipinski definition) is 3. The van der Waals surface area contributed by atoms with Crippen molar-refractivity contribution >= 4 is 5.91 Å². The Balaban J connectivity index is 1.82. The highest BCUT2D eigenvalue weighted by Crippen LogP contribution is 2.33. The van der Waals surface area contributed by atoms with Crippen LogP contribution in [-0.2, 0) is 4.79 Å². The van der Waals surface area contributed by atoms with E-state index in [0.717, 1.165) is 6.42 Å². The molecule has 0 aromatic rings. The van der Waals surface area contributed by atoms with Gasteiger partial charge < -0.3 is 15.7 Å². The quantitative estimate of drug-likeness (QED) is 0.618. The maximum atomic E-state index is 11.7. The molecular weight excluding hydrogens is 192 g/mol. The van der Waals surface area contributed by atoms with Crippen LogP contribution >= 0.6 is 0 Å². The summed E-state index contributed by atoms with van der Waals surface area (Å²) in [5.74, 6) is 0.752. The van der Waals surface area contributed by atoms with Crippen LogP contribution in [0.5, 0.6) is 0 Å². The summed E-state index contributed by atoms with van der Waals surface area (Å²) < 4.78 is 0. The van der Waals surface area contributed by atoms with E-state index in [1.54, 1.807) is 0 Å². The lowest BCUT2D eigenvalue weighted by Crippen LogP contribution is -2.43. The lowest BCUT2D eigenvalue weighted by atomic mass is 9.85. The lowest BCUT2D eigenvalue weighted by Gasteiger charge is -2.24. The summed E-state index contributed by atoms with van der Waals surface area (Å²) >= 11 is 0. The Morgan fingerprint density at radius 2 is 2.20 bits per heavy atom. The van der Waals surface area contributed by atoms with Crippen LogP contribution in [0.15, 0.2) is 0 Å². The van der Waals surface area contributed by atoms with E-state index in [0.29, 0.717) is 18.5 Å². The SMILES string of the molecule is O=C(NCCO)C1CC2CCCCC2N1. The number of carbonyl (C=O) groups excluding carboxylic acids is 1. The van der Waals surface area contributed by atoms with Crippen molar-refractivity contribution in [2.75, 3.05) is 13.2 Å². The van der Waals surface area contributed by atoms with E-state index in [4.69, 9.17) is 5.11 Å². The Kier molecular flexibility index (Phi) is 3.59. The van der Waals surface area contributed by atoms with E-state index in [-0.39, 0.29) is 18.6 Å². The number of hydrogen-bond acceptors (Lipinski definition) is 3. The summed E-state index contributed by atoms with van der Waals surface area (Å²) in [6, 6.07) is 0.535. The second-order valence-electron chi connectivity index (χ2n) is 4.62. The van der Waals surface area contributed by atoms with Gasteiger partial charge in [0.1, 0.15) is 0 Å². The van der Waals surface area contributed by atoms with Crippen LogP contribution in [0.1, 0.15) is 32.1 Å². The fourth-order valence-corrected chi connectivity index (χ4v) is 2.82. The molecule has 0 spiro atoms. The summed E-state index contributed by atoms with van der Waals surface area (Å²) in [7, 11) is 0. The fourth-order valence-electron chi connectivity index (χ4n) is 2.82. The fraction of sp³-hybridized carbons (Fsp3) is 0.909. The number of rotatable bonds is 3. The predicted molar refractivity (Wildman–Crippen MR) is 57.4 cm³/mol. The number of fused-ring (bicyclic) bond motifs is 1. The van der Waals surface area contributed by atoms with E-state index in [1.807, 2.05) is 0 Å². The second-order valence-corrected chi connectivity index (χ2v) is 4.62. The Morgan fingerprint density at radius 1 is 1.40 bits per heavy atom. The molecule has 2 fully saturated rings. The third-order valence-electron chi connectivity index (χ3n) is 3.59. The molecule has 0 aromatic heterocycles. The van der Waals surface area contributed by atoms with Gasteiger partial charge in [-0.1, -0.05) is 12.8 Å². The Labute approximate surface area is 90.4 Å². The van der Waals surface area contributed by atoms with E-state index in [1.165, 1.54) is 25.7 Å². The second kappa shape index (κ2) is 4.94. The number of aliphatic hydroxyl groups is 1. The number of aliphatic hydroxyl groups excluding tert-OH is 1. The van der Waals surface area contributed by atoms with Gasteiger partial charge in [-0.2, -0.15) is 0 Å². The van der Waals surface area contributed by atoms with Gasteiger partial charge in [-0.25, -0.2) is 0 Å². The van der Waals surface area contributed by atoms with Crippen LogP contribution < -0.4 is 10.6 Å². The minimum Gasteiger partial charge on any atom is -0.395 e. The molecule has 3 unspecified atom stereocenters. The highest BCUT2D eigenvalue weighted by Gasteiger charge is 2.37. The van der Waals surface area contributed by atoms with Gasteiger partial charge >= 0.3 is 0 Å². The van der Waals surface area contributed by atoms with Crippen LogP contribution in [0, 0.1) is 5.92 Å². The van der Waals surface area contributed by atoms with Crippen molar-refractivity contribution in [2.45, 2.75) is 44.2 Å². The van der Waals surface area contributed by atoms with Gasteiger partial charge in [0, 0.05) is 12.6 Å². The third kappa shape index (κ3) is 2.49. The van der Waals surface area contributed by atoms with Crippen LogP contribution in [0.2, 0.25) is 0 Å². The molecule has 4 heteroatoms. The van der Waals surface area contributed by atoms with Crippen molar-refractivity contribution in [1.29, 1.82) is 0 Å². The molecule has 0 bridgehead atoms. The standard InChI is InChI=1S/C11H20N2O2/c14-6-5-12-11(15)10-7-8-3-1-2-4-9(8)13-10/h8-10,13-14H,1-7H2,(H,12,15). The molecule has 4 nitrogen and oxygen atoms in total. The largest absolute Gasteiger partial charge is 0.395 e. The third-order valence-corrected chi connectivity index (χ3v) is 3.59. The molecule has 1 amide bonds. The number of carbonyl (C=O) groups is 1. The van der Waals surface area contributed by atoms with E-state index < -0.39 is 0 Å². The highest BCUT2D eigenvalue weighted by atomic mass is 16.3. The van der Waals surface area contributed by atoms with E-state index >= 15 is 0 Å². The average molecular weight is 212 g/mol. The zero-order valence-electron chi connectivity index (χ0n) is 9.04. The minimum atomic E-state index is -0.0235. The molecule has 1 heterocycles. The summed E-state index contributed by atoms with van der Waals surface area (Å²) in [4.78, 5) is 11.7. The van der Waals surface area contributed by atoms with Crippen LogP contribution in [0.25, 0.3) is 0 Å². The van der Waals surface area contributed by atoms with Crippen LogP contribution in [-0.4, -0.2) is 36.2 Å². The Bertz CT molecular complexity index is 219. The molecule has 1 aliphatic carbocycles.